The quantitative estimate of drug-likeness (QED) is 0.327. The Bertz CT molecular complexity index is 1390. The molecule has 2 aliphatic rings. The molecule has 176 valence electrons. The maximum absolute atomic E-state index is 13.5. The molecule has 35 heavy (non-hydrogen) atoms. The molecule has 0 saturated heterocycles. The Morgan fingerprint density at radius 2 is 1.71 bits per heavy atom. The van der Waals surface area contributed by atoms with Crippen LogP contribution >= 0.6 is 27.5 Å². The number of allylic oxidation sites excluding steroid dienone is 2. The summed E-state index contributed by atoms with van der Waals surface area (Å²) in [6.07, 6.45) is 1.81. The maximum atomic E-state index is 13.5. The number of halogens is 2. The molecule has 1 unspecified atom stereocenters. The number of anilines is 1. The van der Waals surface area contributed by atoms with Crippen LogP contribution in [0, 0.1) is 12.3 Å². The molecule has 4 nitrogen and oxygen atoms in total. The Kier molecular flexibility index (Phi) is 6.39. The third kappa shape index (κ3) is 4.24. The minimum Gasteiger partial charge on any atom is -0.507 e. The number of hydrogen-bond acceptors (Lipinski definition) is 3. The highest BCUT2D eigenvalue weighted by Crippen LogP contribution is 2.49. The third-order valence-corrected chi connectivity index (χ3v) is 7.51. The topological polar surface area (TPSA) is 64.4 Å². The van der Waals surface area contributed by atoms with E-state index in [1.54, 1.807) is 6.07 Å². The van der Waals surface area contributed by atoms with Crippen molar-refractivity contribution in [2.75, 3.05) is 4.90 Å². The van der Waals surface area contributed by atoms with E-state index >= 15 is 0 Å². The number of nitrogens with one attached hydrogen (secondary N) is 1. The van der Waals surface area contributed by atoms with Crippen LogP contribution in [-0.4, -0.2) is 16.7 Å². The Balaban J connectivity index is 1.84. The molecule has 1 heterocycles. The van der Waals surface area contributed by atoms with Crippen LogP contribution in [0.25, 0.3) is 5.76 Å². The zero-order valence-corrected chi connectivity index (χ0v) is 21.5. The van der Waals surface area contributed by atoms with Crippen LogP contribution in [0.3, 0.4) is 0 Å². The molecule has 2 N–H and O–H groups in total. The van der Waals surface area contributed by atoms with E-state index in [1.807, 2.05) is 78.6 Å². The van der Waals surface area contributed by atoms with Crippen LogP contribution in [0.2, 0.25) is 5.02 Å². The van der Waals surface area contributed by atoms with Gasteiger partial charge in [0.2, 0.25) is 0 Å². The molecule has 1 aliphatic carbocycles. The normalized spacial score (nSPS) is 19.6. The minimum atomic E-state index is -0.632. The molecular weight excluding hydrogens is 524 g/mol. The Labute approximate surface area is 218 Å². The smallest absolute Gasteiger partial charge is 0.161 e. The van der Waals surface area contributed by atoms with Gasteiger partial charge in [0.05, 0.1) is 0 Å². The first-order valence-corrected chi connectivity index (χ1v) is 12.7. The van der Waals surface area contributed by atoms with Crippen molar-refractivity contribution in [3.8, 4) is 0 Å². The molecule has 3 aromatic carbocycles. The van der Waals surface area contributed by atoms with Crippen LogP contribution < -0.4 is 4.90 Å². The van der Waals surface area contributed by atoms with Crippen molar-refractivity contribution < 1.29 is 9.90 Å². The van der Waals surface area contributed by atoms with E-state index < -0.39 is 5.92 Å². The minimum absolute atomic E-state index is 0.0213. The van der Waals surface area contributed by atoms with E-state index in [4.69, 9.17) is 11.6 Å². The van der Waals surface area contributed by atoms with Crippen LogP contribution in [-0.2, 0) is 4.79 Å². The highest BCUT2D eigenvalue weighted by Gasteiger charge is 2.43. The average molecular weight is 548 g/mol. The SMILES string of the molecule is Cc1ccc(/C(O)=C2\C(=N)N(c3ccc(Br)cc3)C3=C(C(=O)CCC3)C2c2ccccc2Cl)cc1. The Morgan fingerprint density at radius 3 is 2.40 bits per heavy atom. The summed E-state index contributed by atoms with van der Waals surface area (Å²) in [5.41, 5.74) is 4.93. The number of Topliss-reactive ketones (excluding diaryl/α,β-unsaturated/α-hetero) is 1. The van der Waals surface area contributed by atoms with Crippen molar-refractivity contribution in [1.29, 1.82) is 5.41 Å². The van der Waals surface area contributed by atoms with Crippen LogP contribution in [0.5, 0.6) is 0 Å². The summed E-state index contributed by atoms with van der Waals surface area (Å²) in [7, 11) is 0. The summed E-state index contributed by atoms with van der Waals surface area (Å²) in [5.74, 6) is -0.484. The van der Waals surface area contributed by atoms with Gasteiger partial charge in [-0.2, -0.15) is 0 Å². The maximum Gasteiger partial charge on any atom is 0.161 e. The molecule has 0 radical (unpaired) electrons. The number of hydrogen-bond donors (Lipinski definition) is 2. The number of rotatable bonds is 3. The Morgan fingerprint density at radius 1 is 1.03 bits per heavy atom. The molecule has 3 aromatic rings. The van der Waals surface area contributed by atoms with Gasteiger partial charge in [0.1, 0.15) is 11.6 Å². The van der Waals surface area contributed by atoms with Gasteiger partial charge in [-0.15, -0.1) is 0 Å². The lowest BCUT2D eigenvalue weighted by Gasteiger charge is -2.42. The second-order valence-corrected chi connectivity index (χ2v) is 10.2. The fraction of sp³-hybridized carbons (Fsp3) is 0.172. The standard InChI is InChI=1S/C29H24BrClN2O2/c1-17-9-11-18(12-10-17)28(35)27-25(21-5-2-3-6-22(21)31)26-23(7-4-8-24(26)34)33(29(27)32)20-15-13-19(30)14-16-20/h2-3,5-6,9-16,25,32,35H,4,7-8H2,1H3/b28-27+,32-29?. The lowest BCUT2D eigenvalue weighted by molar-refractivity contribution is -0.116. The molecule has 0 spiro atoms. The first-order chi connectivity index (χ1) is 16.9. The van der Waals surface area contributed by atoms with Gasteiger partial charge < -0.3 is 5.11 Å². The van der Waals surface area contributed by atoms with Gasteiger partial charge in [0.25, 0.3) is 0 Å². The largest absolute Gasteiger partial charge is 0.507 e. The van der Waals surface area contributed by atoms with Gasteiger partial charge in [-0.25, -0.2) is 0 Å². The summed E-state index contributed by atoms with van der Waals surface area (Å²) in [5, 5.41) is 21.5. The van der Waals surface area contributed by atoms with Crippen LogP contribution in [0.1, 0.15) is 41.9 Å². The number of benzene rings is 3. The molecule has 5 rings (SSSR count). The number of amidine groups is 1. The molecule has 1 atom stereocenters. The van der Waals surface area contributed by atoms with Crippen molar-refractivity contribution in [2.45, 2.75) is 32.1 Å². The molecule has 6 heteroatoms. The average Bonchev–Trinajstić information content (AvgIpc) is 2.85. The van der Waals surface area contributed by atoms with Gasteiger partial charge in [-0.05, 0) is 55.7 Å². The number of aliphatic hydroxyl groups is 1. The van der Waals surface area contributed by atoms with E-state index in [-0.39, 0.29) is 17.4 Å². The third-order valence-electron chi connectivity index (χ3n) is 6.64. The molecule has 0 aromatic heterocycles. The summed E-state index contributed by atoms with van der Waals surface area (Å²) < 4.78 is 0.922. The van der Waals surface area contributed by atoms with E-state index in [0.717, 1.165) is 27.8 Å². The Hall–Kier alpha value is -3.15. The van der Waals surface area contributed by atoms with Gasteiger partial charge in [0.15, 0.2) is 5.78 Å². The summed E-state index contributed by atoms with van der Waals surface area (Å²) in [4.78, 5) is 15.3. The lowest BCUT2D eigenvalue weighted by atomic mass is 9.73. The fourth-order valence-electron chi connectivity index (χ4n) is 4.95. The zero-order valence-electron chi connectivity index (χ0n) is 19.2. The number of nitrogens with zero attached hydrogens (tertiary/aromatic N) is 1. The van der Waals surface area contributed by atoms with E-state index in [0.29, 0.717) is 40.1 Å². The van der Waals surface area contributed by atoms with Crippen molar-refractivity contribution in [3.63, 3.8) is 0 Å². The second kappa shape index (κ2) is 9.48. The number of carbonyl (C=O) groups excluding carboxylic acids is 1. The second-order valence-electron chi connectivity index (χ2n) is 8.88. The highest BCUT2D eigenvalue weighted by atomic mass is 79.9. The van der Waals surface area contributed by atoms with Gasteiger partial charge in [-0.3, -0.25) is 15.1 Å². The van der Waals surface area contributed by atoms with Crippen LogP contribution in [0.4, 0.5) is 5.69 Å². The number of aliphatic hydroxyl groups excluding tert-OH is 1. The van der Waals surface area contributed by atoms with E-state index in [9.17, 15) is 15.3 Å². The monoisotopic (exact) mass is 546 g/mol. The van der Waals surface area contributed by atoms with E-state index in [2.05, 4.69) is 15.9 Å². The first-order valence-electron chi connectivity index (χ1n) is 11.5. The van der Waals surface area contributed by atoms with Gasteiger partial charge in [-0.1, -0.05) is 75.6 Å². The molecular formula is C29H24BrClN2O2. The van der Waals surface area contributed by atoms with Crippen molar-refractivity contribution in [3.05, 3.63) is 116 Å². The summed E-state index contributed by atoms with van der Waals surface area (Å²) in [6, 6.07) is 22.6. The predicted molar refractivity (Wildman–Crippen MR) is 145 cm³/mol. The summed E-state index contributed by atoms with van der Waals surface area (Å²) in [6.45, 7) is 1.98. The van der Waals surface area contributed by atoms with Gasteiger partial charge >= 0.3 is 0 Å². The molecule has 0 fully saturated rings. The van der Waals surface area contributed by atoms with Crippen molar-refractivity contribution in [2.24, 2.45) is 0 Å². The molecule has 1 aliphatic heterocycles. The summed E-state index contributed by atoms with van der Waals surface area (Å²) >= 11 is 10.1. The van der Waals surface area contributed by atoms with Crippen LogP contribution in [0.15, 0.2) is 94.1 Å². The lowest BCUT2D eigenvalue weighted by Crippen LogP contribution is -2.42. The van der Waals surface area contributed by atoms with E-state index in [1.165, 1.54) is 0 Å². The number of carbonyl (C=O) groups is 1. The molecule has 0 saturated carbocycles. The molecule has 0 amide bonds. The number of ketones is 1. The highest BCUT2D eigenvalue weighted by molar-refractivity contribution is 9.10. The predicted octanol–water partition coefficient (Wildman–Crippen LogP) is 7.97. The fourth-order valence-corrected chi connectivity index (χ4v) is 5.46. The zero-order chi connectivity index (χ0) is 24.7. The number of aryl methyl sites for hydroxylation is 1. The molecule has 0 bridgehead atoms. The first kappa shape index (κ1) is 23.6. The van der Waals surface area contributed by atoms with Crippen molar-refractivity contribution in [1.82, 2.24) is 0 Å². The van der Waals surface area contributed by atoms with Crippen molar-refractivity contribution >= 4 is 50.6 Å². The van der Waals surface area contributed by atoms with Gasteiger partial charge in [0, 0.05) is 49.9 Å².